The highest BCUT2D eigenvalue weighted by Crippen LogP contribution is 2.30. The van der Waals surface area contributed by atoms with Gasteiger partial charge in [-0.05, 0) is 60.9 Å². The third-order valence-electron chi connectivity index (χ3n) is 5.74. The van der Waals surface area contributed by atoms with Gasteiger partial charge < -0.3 is 4.42 Å². The minimum Gasteiger partial charge on any atom is -0.465 e. The van der Waals surface area contributed by atoms with E-state index in [1.54, 1.807) is 0 Å². The maximum atomic E-state index is 13.5. The average molecular weight is 396 g/mol. The fourth-order valence-electron chi connectivity index (χ4n) is 4.03. The molecule has 0 radical (unpaired) electrons. The van der Waals surface area contributed by atoms with Crippen LogP contribution < -0.4 is 0 Å². The van der Waals surface area contributed by atoms with Gasteiger partial charge in [-0.25, -0.2) is 8.78 Å². The van der Waals surface area contributed by atoms with Crippen LogP contribution in [0.4, 0.5) is 8.78 Å². The van der Waals surface area contributed by atoms with Crippen molar-refractivity contribution < 1.29 is 13.2 Å². The Morgan fingerprint density at radius 1 is 0.828 bits per heavy atom. The van der Waals surface area contributed by atoms with Crippen molar-refractivity contribution in [3.05, 3.63) is 94.4 Å². The van der Waals surface area contributed by atoms with E-state index in [-0.39, 0.29) is 17.7 Å². The van der Waals surface area contributed by atoms with Crippen LogP contribution in [0.5, 0.6) is 0 Å². The predicted molar refractivity (Wildman–Crippen MR) is 110 cm³/mol. The van der Waals surface area contributed by atoms with Gasteiger partial charge in [0.2, 0.25) is 0 Å². The van der Waals surface area contributed by atoms with Crippen LogP contribution in [-0.2, 0) is 6.54 Å². The van der Waals surface area contributed by atoms with Crippen molar-refractivity contribution in [3.63, 3.8) is 0 Å². The van der Waals surface area contributed by atoms with Gasteiger partial charge in [0, 0.05) is 26.2 Å². The molecule has 0 saturated carbocycles. The second-order valence-electron chi connectivity index (χ2n) is 7.77. The first kappa shape index (κ1) is 19.8. The summed E-state index contributed by atoms with van der Waals surface area (Å²) in [5.74, 6) is 1.48. The van der Waals surface area contributed by atoms with Crippen LogP contribution in [-0.4, -0.2) is 36.0 Å². The lowest BCUT2D eigenvalue weighted by Gasteiger charge is -2.39. The van der Waals surface area contributed by atoms with E-state index >= 15 is 0 Å². The van der Waals surface area contributed by atoms with Gasteiger partial charge >= 0.3 is 0 Å². The monoisotopic (exact) mass is 396 g/mol. The lowest BCUT2D eigenvalue weighted by atomic mass is 9.96. The third kappa shape index (κ3) is 4.57. The largest absolute Gasteiger partial charge is 0.465 e. The Bertz CT molecular complexity index is 877. The van der Waals surface area contributed by atoms with Gasteiger partial charge in [-0.15, -0.1) is 0 Å². The summed E-state index contributed by atoms with van der Waals surface area (Å²) in [6.07, 6.45) is 0. The molecule has 2 aromatic carbocycles. The molecule has 0 bridgehead atoms. The molecule has 29 heavy (non-hydrogen) atoms. The molecule has 1 aliphatic heterocycles. The Hall–Kier alpha value is -2.50. The summed E-state index contributed by atoms with van der Waals surface area (Å²) in [5, 5.41) is 0. The van der Waals surface area contributed by atoms with Crippen molar-refractivity contribution in [2.45, 2.75) is 26.4 Å². The molecule has 1 aromatic heterocycles. The highest BCUT2D eigenvalue weighted by molar-refractivity contribution is 5.32. The molecular weight excluding hydrogens is 370 g/mol. The van der Waals surface area contributed by atoms with E-state index in [1.165, 1.54) is 29.8 Å². The zero-order chi connectivity index (χ0) is 20.4. The van der Waals surface area contributed by atoms with Gasteiger partial charge in [-0.3, -0.25) is 9.80 Å². The Balaban J connectivity index is 1.50. The predicted octanol–water partition coefficient (Wildman–Crippen LogP) is 5.08. The van der Waals surface area contributed by atoms with Crippen molar-refractivity contribution in [2.75, 3.05) is 26.2 Å². The highest BCUT2D eigenvalue weighted by Gasteiger charge is 2.27. The summed E-state index contributed by atoms with van der Waals surface area (Å²) in [7, 11) is 0. The molecule has 0 aliphatic carbocycles. The first-order valence-electron chi connectivity index (χ1n) is 10.0. The molecule has 2 heterocycles. The molecule has 4 rings (SSSR count). The molecule has 0 N–H and O–H groups in total. The zero-order valence-electron chi connectivity index (χ0n) is 16.9. The van der Waals surface area contributed by atoms with Crippen LogP contribution in [0.3, 0.4) is 0 Å². The number of rotatable bonds is 5. The quantitative estimate of drug-likeness (QED) is 0.600. The summed E-state index contributed by atoms with van der Waals surface area (Å²) in [6, 6.07) is 15.3. The van der Waals surface area contributed by atoms with Crippen LogP contribution in [0.15, 0.2) is 59.0 Å². The van der Waals surface area contributed by atoms with Crippen LogP contribution >= 0.6 is 0 Å². The number of aryl methyl sites for hydroxylation is 2. The Labute approximate surface area is 170 Å². The molecule has 0 atom stereocenters. The molecule has 3 nitrogen and oxygen atoms in total. The minimum atomic E-state index is -0.250. The van der Waals surface area contributed by atoms with Crippen molar-refractivity contribution in [1.29, 1.82) is 0 Å². The SMILES string of the molecule is Cc1cc(CN2CCN(C(c3ccc(F)cc3)c3ccc(F)cc3)CC2)oc1C. The first-order chi connectivity index (χ1) is 14.0. The number of hydrogen-bond donors (Lipinski definition) is 0. The van der Waals surface area contributed by atoms with Crippen LogP contribution in [0, 0.1) is 25.5 Å². The average Bonchev–Trinajstić information content (AvgIpc) is 3.03. The van der Waals surface area contributed by atoms with Crippen molar-refractivity contribution in [3.8, 4) is 0 Å². The second-order valence-corrected chi connectivity index (χ2v) is 7.77. The van der Waals surface area contributed by atoms with Crippen LogP contribution in [0.2, 0.25) is 0 Å². The van der Waals surface area contributed by atoms with Crippen molar-refractivity contribution in [1.82, 2.24) is 9.80 Å². The van der Waals surface area contributed by atoms with Gasteiger partial charge in [0.1, 0.15) is 23.2 Å². The molecule has 1 aliphatic rings. The topological polar surface area (TPSA) is 19.6 Å². The van der Waals surface area contributed by atoms with E-state index in [4.69, 9.17) is 4.42 Å². The van der Waals surface area contributed by atoms with Crippen molar-refractivity contribution >= 4 is 0 Å². The summed E-state index contributed by atoms with van der Waals surface area (Å²) >= 11 is 0. The summed E-state index contributed by atoms with van der Waals surface area (Å²) < 4.78 is 32.7. The van der Waals surface area contributed by atoms with Crippen LogP contribution in [0.25, 0.3) is 0 Å². The molecule has 0 unspecified atom stereocenters. The van der Waals surface area contributed by atoms with Gasteiger partial charge in [-0.2, -0.15) is 0 Å². The molecule has 5 heteroatoms. The van der Waals surface area contributed by atoms with Crippen LogP contribution in [0.1, 0.15) is 34.3 Å². The van der Waals surface area contributed by atoms with Gasteiger partial charge in [-0.1, -0.05) is 24.3 Å². The summed E-state index contributed by atoms with van der Waals surface area (Å²) in [4.78, 5) is 4.77. The van der Waals surface area contributed by atoms with E-state index < -0.39 is 0 Å². The number of benzene rings is 2. The lowest BCUT2D eigenvalue weighted by molar-refractivity contribution is 0.0995. The normalized spacial score (nSPS) is 15.9. The fourth-order valence-corrected chi connectivity index (χ4v) is 4.03. The number of halogens is 2. The Morgan fingerprint density at radius 3 is 1.79 bits per heavy atom. The van der Waals surface area contributed by atoms with E-state index in [0.717, 1.165) is 55.4 Å². The molecule has 1 saturated heterocycles. The zero-order valence-corrected chi connectivity index (χ0v) is 16.9. The lowest BCUT2D eigenvalue weighted by Crippen LogP contribution is -2.47. The van der Waals surface area contributed by atoms with E-state index in [1.807, 2.05) is 31.2 Å². The van der Waals surface area contributed by atoms with Gasteiger partial charge in [0.15, 0.2) is 0 Å². The number of furan rings is 1. The van der Waals surface area contributed by atoms with Gasteiger partial charge in [0.25, 0.3) is 0 Å². The Kier molecular flexibility index (Phi) is 5.79. The highest BCUT2D eigenvalue weighted by atomic mass is 19.1. The molecule has 152 valence electrons. The third-order valence-corrected chi connectivity index (χ3v) is 5.74. The van der Waals surface area contributed by atoms with Gasteiger partial charge in [0.05, 0.1) is 12.6 Å². The second kappa shape index (κ2) is 8.47. The van der Waals surface area contributed by atoms with E-state index in [0.29, 0.717) is 0 Å². The summed E-state index contributed by atoms with van der Waals surface area (Å²) in [6.45, 7) is 8.44. The van der Waals surface area contributed by atoms with Crippen molar-refractivity contribution in [2.24, 2.45) is 0 Å². The van der Waals surface area contributed by atoms with E-state index in [9.17, 15) is 8.78 Å². The minimum absolute atomic E-state index is 0.0218. The standard InChI is InChI=1S/C24H26F2N2O/c1-17-15-23(29-18(17)2)16-27-11-13-28(14-12-27)24(19-3-7-21(25)8-4-19)20-5-9-22(26)10-6-20/h3-10,15,24H,11-14,16H2,1-2H3. The molecule has 3 aromatic rings. The number of piperazine rings is 1. The Morgan fingerprint density at radius 2 is 1.34 bits per heavy atom. The molecule has 0 amide bonds. The molecule has 0 spiro atoms. The van der Waals surface area contributed by atoms with E-state index in [2.05, 4.69) is 22.8 Å². The number of hydrogen-bond acceptors (Lipinski definition) is 3. The number of nitrogens with zero attached hydrogens (tertiary/aromatic N) is 2. The molecular formula is C24H26F2N2O. The maximum absolute atomic E-state index is 13.5. The maximum Gasteiger partial charge on any atom is 0.123 e. The smallest absolute Gasteiger partial charge is 0.123 e. The first-order valence-corrected chi connectivity index (χ1v) is 10.0. The fraction of sp³-hybridized carbons (Fsp3) is 0.333. The summed E-state index contributed by atoms with van der Waals surface area (Å²) in [5.41, 5.74) is 3.22. The molecule has 1 fully saturated rings.